The Morgan fingerprint density at radius 2 is 2.15 bits per heavy atom. The summed E-state index contributed by atoms with van der Waals surface area (Å²) in [5.41, 5.74) is 0.464. The predicted octanol–water partition coefficient (Wildman–Crippen LogP) is 2.73. The monoisotopic (exact) mass is 280 g/mol. The number of aromatic nitrogens is 1. The Balaban J connectivity index is 2.23. The van der Waals surface area contributed by atoms with Crippen LogP contribution in [0.5, 0.6) is 0 Å². The molecule has 5 nitrogen and oxygen atoms in total. The lowest BCUT2D eigenvalue weighted by atomic mass is 10.1. The van der Waals surface area contributed by atoms with E-state index in [1.54, 1.807) is 19.1 Å². The number of carbonyl (C=O) groups is 1. The summed E-state index contributed by atoms with van der Waals surface area (Å²) in [7, 11) is 0. The molecule has 1 aromatic rings. The lowest BCUT2D eigenvalue weighted by Gasteiger charge is -2.08. The van der Waals surface area contributed by atoms with Gasteiger partial charge in [0.15, 0.2) is 0 Å². The average Bonchev–Trinajstić information content (AvgIpc) is 2.43. The van der Waals surface area contributed by atoms with E-state index in [2.05, 4.69) is 24.1 Å². The van der Waals surface area contributed by atoms with Crippen LogP contribution in [0.25, 0.3) is 0 Å². The van der Waals surface area contributed by atoms with Crippen LogP contribution in [-0.2, 0) is 9.47 Å². The number of nitrogens with one attached hydrogen (secondary N) is 1. The molecule has 0 aliphatic carbocycles. The van der Waals surface area contributed by atoms with Gasteiger partial charge in [0.2, 0.25) is 0 Å². The van der Waals surface area contributed by atoms with Crippen molar-refractivity contribution >= 4 is 11.8 Å². The van der Waals surface area contributed by atoms with Gasteiger partial charge in [-0.3, -0.25) is 0 Å². The summed E-state index contributed by atoms with van der Waals surface area (Å²) in [6, 6.07) is 3.47. The van der Waals surface area contributed by atoms with E-state index in [4.69, 9.17) is 9.47 Å². The molecule has 20 heavy (non-hydrogen) atoms. The Bertz CT molecular complexity index is 391. The second kappa shape index (κ2) is 9.31. The fraction of sp³-hybridized carbons (Fsp3) is 0.600. The molecule has 0 fully saturated rings. The molecule has 0 unspecified atom stereocenters. The van der Waals surface area contributed by atoms with Crippen LogP contribution in [0.2, 0.25) is 0 Å². The molecular formula is C15H24N2O3. The lowest BCUT2D eigenvalue weighted by molar-refractivity contribution is 0.0526. The highest BCUT2D eigenvalue weighted by molar-refractivity contribution is 5.89. The van der Waals surface area contributed by atoms with Gasteiger partial charge in [-0.2, -0.15) is 0 Å². The van der Waals surface area contributed by atoms with Gasteiger partial charge in [0.1, 0.15) is 5.82 Å². The van der Waals surface area contributed by atoms with E-state index in [0.717, 1.165) is 18.8 Å². The summed E-state index contributed by atoms with van der Waals surface area (Å²) in [5, 5.41) is 3.14. The SMILES string of the molecule is CCOC(=O)c1ccc(NCCOCCC(C)C)nc1. The Labute approximate surface area is 120 Å². The molecule has 112 valence electrons. The molecule has 0 radical (unpaired) electrons. The van der Waals surface area contributed by atoms with Crippen molar-refractivity contribution in [2.75, 3.05) is 31.7 Å². The molecular weight excluding hydrogens is 256 g/mol. The summed E-state index contributed by atoms with van der Waals surface area (Å²) in [5.74, 6) is 1.05. The van der Waals surface area contributed by atoms with Crippen LogP contribution in [0, 0.1) is 5.92 Å². The summed E-state index contributed by atoms with van der Waals surface area (Å²) in [6.45, 7) is 8.63. The van der Waals surface area contributed by atoms with Gasteiger partial charge in [0, 0.05) is 19.3 Å². The van der Waals surface area contributed by atoms with Crippen molar-refractivity contribution in [2.24, 2.45) is 5.92 Å². The number of hydrogen-bond donors (Lipinski definition) is 1. The Morgan fingerprint density at radius 3 is 2.75 bits per heavy atom. The Hall–Kier alpha value is -1.62. The third-order valence-electron chi connectivity index (χ3n) is 2.67. The van der Waals surface area contributed by atoms with Crippen LogP contribution in [0.3, 0.4) is 0 Å². The third-order valence-corrected chi connectivity index (χ3v) is 2.67. The van der Waals surface area contributed by atoms with E-state index in [0.29, 0.717) is 31.2 Å². The average molecular weight is 280 g/mol. The Morgan fingerprint density at radius 1 is 1.35 bits per heavy atom. The number of ether oxygens (including phenoxy) is 2. The summed E-state index contributed by atoms with van der Waals surface area (Å²) < 4.78 is 10.4. The van der Waals surface area contributed by atoms with Crippen LogP contribution >= 0.6 is 0 Å². The van der Waals surface area contributed by atoms with Crippen LogP contribution in [0.1, 0.15) is 37.6 Å². The molecule has 0 aliphatic rings. The smallest absolute Gasteiger partial charge is 0.339 e. The molecule has 1 aromatic heterocycles. The summed E-state index contributed by atoms with van der Waals surface area (Å²) >= 11 is 0. The minimum Gasteiger partial charge on any atom is -0.462 e. The van der Waals surface area contributed by atoms with Crippen molar-refractivity contribution in [1.82, 2.24) is 4.98 Å². The predicted molar refractivity (Wildman–Crippen MR) is 79.0 cm³/mol. The van der Waals surface area contributed by atoms with Gasteiger partial charge < -0.3 is 14.8 Å². The molecule has 1 heterocycles. The van der Waals surface area contributed by atoms with E-state index in [1.807, 2.05) is 0 Å². The first-order valence-corrected chi connectivity index (χ1v) is 7.08. The molecule has 0 atom stereocenters. The van der Waals surface area contributed by atoms with Crippen molar-refractivity contribution in [1.29, 1.82) is 0 Å². The minimum absolute atomic E-state index is 0.344. The van der Waals surface area contributed by atoms with Gasteiger partial charge in [-0.05, 0) is 31.4 Å². The number of nitrogens with zero attached hydrogens (tertiary/aromatic N) is 1. The molecule has 0 aliphatic heterocycles. The highest BCUT2D eigenvalue weighted by Gasteiger charge is 2.06. The van der Waals surface area contributed by atoms with E-state index >= 15 is 0 Å². The van der Waals surface area contributed by atoms with Gasteiger partial charge in [-0.1, -0.05) is 13.8 Å². The maximum Gasteiger partial charge on any atom is 0.339 e. The van der Waals surface area contributed by atoms with Gasteiger partial charge >= 0.3 is 5.97 Å². The lowest BCUT2D eigenvalue weighted by Crippen LogP contribution is -2.12. The van der Waals surface area contributed by atoms with Crippen molar-refractivity contribution in [3.63, 3.8) is 0 Å². The van der Waals surface area contributed by atoms with Crippen LogP contribution in [0.15, 0.2) is 18.3 Å². The normalized spacial score (nSPS) is 10.6. The fourth-order valence-corrected chi connectivity index (χ4v) is 1.51. The van der Waals surface area contributed by atoms with Crippen molar-refractivity contribution in [3.8, 4) is 0 Å². The highest BCUT2D eigenvalue weighted by atomic mass is 16.5. The molecule has 0 bridgehead atoms. The van der Waals surface area contributed by atoms with E-state index in [-0.39, 0.29) is 5.97 Å². The molecule has 0 aromatic carbocycles. The van der Waals surface area contributed by atoms with Crippen LogP contribution in [0.4, 0.5) is 5.82 Å². The first kappa shape index (κ1) is 16.4. The molecule has 1 N–H and O–H groups in total. The molecule has 0 saturated heterocycles. The zero-order valence-electron chi connectivity index (χ0n) is 12.5. The van der Waals surface area contributed by atoms with Crippen molar-refractivity contribution in [3.05, 3.63) is 23.9 Å². The van der Waals surface area contributed by atoms with Gasteiger partial charge in [0.25, 0.3) is 0 Å². The molecule has 5 heteroatoms. The second-order valence-electron chi connectivity index (χ2n) is 4.87. The first-order valence-electron chi connectivity index (χ1n) is 7.08. The van der Waals surface area contributed by atoms with E-state index in [1.165, 1.54) is 6.20 Å². The van der Waals surface area contributed by atoms with Crippen LogP contribution in [-0.4, -0.2) is 37.3 Å². The molecule has 0 amide bonds. The largest absolute Gasteiger partial charge is 0.462 e. The Kier molecular flexibility index (Phi) is 7.65. The van der Waals surface area contributed by atoms with E-state index in [9.17, 15) is 4.79 Å². The van der Waals surface area contributed by atoms with Gasteiger partial charge in [-0.15, -0.1) is 0 Å². The zero-order valence-corrected chi connectivity index (χ0v) is 12.5. The highest BCUT2D eigenvalue weighted by Crippen LogP contribution is 2.06. The van der Waals surface area contributed by atoms with E-state index < -0.39 is 0 Å². The maximum atomic E-state index is 11.4. The molecule has 0 saturated carbocycles. The standard InChI is InChI=1S/C15H24N2O3/c1-4-20-15(18)13-5-6-14(17-11-13)16-8-10-19-9-7-12(2)3/h5-6,11-12H,4,7-10H2,1-3H3,(H,16,17). The zero-order chi connectivity index (χ0) is 14.8. The number of anilines is 1. The minimum atomic E-state index is -0.344. The van der Waals surface area contributed by atoms with Crippen molar-refractivity contribution < 1.29 is 14.3 Å². The second-order valence-corrected chi connectivity index (χ2v) is 4.87. The number of pyridine rings is 1. The number of esters is 1. The topological polar surface area (TPSA) is 60.5 Å². The van der Waals surface area contributed by atoms with Crippen molar-refractivity contribution in [2.45, 2.75) is 27.2 Å². The fourth-order valence-electron chi connectivity index (χ4n) is 1.51. The first-order chi connectivity index (χ1) is 9.63. The molecule has 1 rings (SSSR count). The third kappa shape index (κ3) is 6.52. The summed E-state index contributed by atoms with van der Waals surface area (Å²) in [6.07, 6.45) is 2.59. The van der Waals surface area contributed by atoms with Gasteiger partial charge in [0.05, 0.1) is 18.8 Å². The maximum absolute atomic E-state index is 11.4. The van der Waals surface area contributed by atoms with Crippen LogP contribution < -0.4 is 5.32 Å². The summed E-state index contributed by atoms with van der Waals surface area (Å²) in [4.78, 5) is 15.6. The number of hydrogen-bond acceptors (Lipinski definition) is 5. The number of rotatable bonds is 9. The molecule has 0 spiro atoms. The van der Waals surface area contributed by atoms with Gasteiger partial charge in [-0.25, -0.2) is 9.78 Å². The number of carbonyl (C=O) groups excluding carboxylic acids is 1. The quantitative estimate of drug-likeness (QED) is 0.556.